The monoisotopic (exact) mass is 364 g/mol. The highest BCUT2D eigenvalue weighted by Crippen LogP contribution is 2.27. The van der Waals surface area contributed by atoms with Gasteiger partial charge >= 0.3 is 0 Å². The number of thioether (sulfide) groups is 1. The van der Waals surface area contributed by atoms with Gasteiger partial charge in [-0.1, -0.05) is 13.3 Å². The number of aromatic amines is 1. The van der Waals surface area contributed by atoms with Crippen LogP contribution in [0.1, 0.15) is 41.7 Å². The van der Waals surface area contributed by atoms with Crippen molar-refractivity contribution in [3.63, 3.8) is 0 Å². The van der Waals surface area contributed by atoms with Crippen molar-refractivity contribution in [1.29, 1.82) is 0 Å². The van der Waals surface area contributed by atoms with Gasteiger partial charge in [-0.05, 0) is 37.3 Å². The van der Waals surface area contributed by atoms with Crippen LogP contribution in [0.2, 0.25) is 0 Å². The van der Waals surface area contributed by atoms with Gasteiger partial charge in [0.2, 0.25) is 0 Å². The Morgan fingerprint density at radius 2 is 2.42 bits per heavy atom. The summed E-state index contributed by atoms with van der Waals surface area (Å²) in [4.78, 5) is 23.2. The van der Waals surface area contributed by atoms with E-state index in [2.05, 4.69) is 27.1 Å². The maximum Gasteiger partial charge on any atom is 0.261 e. The predicted molar refractivity (Wildman–Crippen MR) is 99.7 cm³/mol. The Morgan fingerprint density at radius 1 is 1.50 bits per heavy atom. The Bertz CT molecular complexity index is 641. The van der Waals surface area contributed by atoms with E-state index in [4.69, 9.17) is 0 Å². The van der Waals surface area contributed by atoms with Gasteiger partial charge in [0.25, 0.3) is 5.91 Å². The summed E-state index contributed by atoms with van der Waals surface area (Å²) in [5, 5.41) is 3.23. The molecule has 1 atom stereocenters. The Morgan fingerprint density at radius 3 is 3.21 bits per heavy atom. The molecule has 2 N–H and O–H groups in total. The zero-order valence-electron chi connectivity index (χ0n) is 14.0. The van der Waals surface area contributed by atoms with Crippen molar-refractivity contribution in [1.82, 2.24) is 20.2 Å². The molecule has 2 aromatic heterocycles. The number of nitrogens with zero attached hydrogens (tertiary/aromatic N) is 2. The van der Waals surface area contributed by atoms with Crippen LogP contribution in [0.4, 0.5) is 0 Å². The van der Waals surface area contributed by atoms with E-state index in [1.165, 1.54) is 10.6 Å². The molecule has 24 heavy (non-hydrogen) atoms. The molecule has 7 heteroatoms. The number of nitrogens with one attached hydrogen (secondary N) is 2. The summed E-state index contributed by atoms with van der Waals surface area (Å²) >= 11 is 3.37. The maximum absolute atomic E-state index is 12.5. The van der Waals surface area contributed by atoms with Gasteiger partial charge in [0, 0.05) is 25.0 Å². The zero-order valence-corrected chi connectivity index (χ0v) is 15.6. The van der Waals surface area contributed by atoms with Crippen molar-refractivity contribution < 1.29 is 4.79 Å². The second kappa shape index (κ2) is 8.69. The highest BCUT2D eigenvalue weighted by molar-refractivity contribution is 8.01. The molecule has 1 saturated heterocycles. The number of imidazole rings is 1. The standard InChI is InChI=1S/C17H24N4OS2/c1-2-23-16-7-6-14(24-16)17(22)20-13-5-3-4-10-21(11-13)12-15-18-8-9-19-15/h6-9,13H,2-5,10-12H2,1H3,(H,18,19)(H,20,22)/t13-/m1/s1. The lowest BCUT2D eigenvalue weighted by Gasteiger charge is -2.24. The molecule has 3 heterocycles. The topological polar surface area (TPSA) is 61.0 Å². The molecule has 0 aromatic carbocycles. The summed E-state index contributed by atoms with van der Waals surface area (Å²) in [6, 6.07) is 4.19. The van der Waals surface area contributed by atoms with Crippen LogP contribution in [0.25, 0.3) is 0 Å². The molecule has 0 bridgehead atoms. The van der Waals surface area contributed by atoms with Crippen LogP contribution in [0, 0.1) is 0 Å². The molecule has 0 unspecified atom stereocenters. The van der Waals surface area contributed by atoms with Crippen LogP contribution in [-0.4, -0.2) is 45.7 Å². The van der Waals surface area contributed by atoms with Crippen LogP contribution >= 0.6 is 23.1 Å². The van der Waals surface area contributed by atoms with Crippen LogP contribution in [0.15, 0.2) is 28.7 Å². The summed E-state index contributed by atoms with van der Waals surface area (Å²) in [5.41, 5.74) is 0. The lowest BCUT2D eigenvalue weighted by Crippen LogP contribution is -2.42. The minimum Gasteiger partial charge on any atom is -0.348 e. The van der Waals surface area contributed by atoms with Crippen molar-refractivity contribution in [2.45, 2.75) is 43.0 Å². The molecule has 130 valence electrons. The number of thiophene rings is 1. The average Bonchev–Trinajstić information content (AvgIpc) is 3.19. The molecule has 0 saturated carbocycles. The minimum atomic E-state index is 0.0628. The van der Waals surface area contributed by atoms with E-state index in [1.807, 2.05) is 18.3 Å². The second-order valence-electron chi connectivity index (χ2n) is 5.99. The highest BCUT2D eigenvalue weighted by Gasteiger charge is 2.21. The van der Waals surface area contributed by atoms with E-state index in [1.54, 1.807) is 29.3 Å². The van der Waals surface area contributed by atoms with Crippen molar-refractivity contribution >= 4 is 29.0 Å². The Kier molecular flexibility index (Phi) is 6.34. The zero-order chi connectivity index (χ0) is 16.8. The number of carbonyl (C=O) groups is 1. The number of carbonyl (C=O) groups excluding carboxylic acids is 1. The van der Waals surface area contributed by atoms with Crippen LogP contribution < -0.4 is 5.32 Å². The second-order valence-corrected chi connectivity index (χ2v) is 8.64. The summed E-state index contributed by atoms with van der Waals surface area (Å²) < 4.78 is 1.21. The van der Waals surface area contributed by atoms with Crippen LogP contribution in [0.3, 0.4) is 0 Å². The largest absolute Gasteiger partial charge is 0.348 e. The van der Waals surface area contributed by atoms with E-state index < -0.39 is 0 Å². The molecule has 1 amide bonds. The van der Waals surface area contributed by atoms with E-state index >= 15 is 0 Å². The molecule has 0 spiro atoms. The Balaban J connectivity index is 1.57. The molecule has 2 aromatic rings. The first-order chi connectivity index (χ1) is 11.7. The molecular weight excluding hydrogens is 340 g/mol. The van der Waals surface area contributed by atoms with Gasteiger partial charge in [-0.25, -0.2) is 4.98 Å². The van der Waals surface area contributed by atoms with Gasteiger partial charge in [0.1, 0.15) is 5.82 Å². The Hall–Kier alpha value is -1.31. The average molecular weight is 365 g/mol. The molecule has 1 aliphatic heterocycles. The number of H-pyrrole nitrogens is 1. The molecule has 1 aliphatic rings. The number of amides is 1. The van der Waals surface area contributed by atoms with Gasteiger partial charge in [0.15, 0.2) is 0 Å². The van der Waals surface area contributed by atoms with Gasteiger partial charge in [-0.2, -0.15) is 0 Å². The highest BCUT2D eigenvalue weighted by atomic mass is 32.2. The van der Waals surface area contributed by atoms with Gasteiger partial charge in [-0.15, -0.1) is 23.1 Å². The first-order valence-corrected chi connectivity index (χ1v) is 10.3. The first-order valence-electron chi connectivity index (χ1n) is 8.48. The molecule has 0 radical (unpaired) electrons. The van der Waals surface area contributed by atoms with E-state index in [-0.39, 0.29) is 11.9 Å². The summed E-state index contributed by atoms with van der Waals surface area (Å²) in [6.45, 7) is 4.89. The summed E-state index contributed by atoms with van der Waals surface area (Å²) in [7, 11) is 0. The summed E-state index contributed by atoms with van der Waals surface area (Å²) in [5.74, 6) is 2.08. The maximum atomic E-state index is 12.5. The van der Waals surface area contributed by atoms with Crippen LogP contribution in [-0.2, 0) is 6.54 Å². The van der Waals surface area contributed by atoms with Gasteiger partial charge < -0.3 is 10.3 Å². The number of hydrogen-bond acceptors (Lipinski definition) is 5. The predicted octanol–water partition coefficient (Wildman–Crippen LogP) is 3.37. The molecule has 5 nitrogen and oxygen atoms in total. The third-order valence-corrected chi connectivity index (χ3v) is 6.30. The number of likely N-dealkylation sites (tertiary alicyclic amines) is 1. The molecule has 0 aliphatic carbocycles. The third-order valence-electron chi connectivity index (χ3n) is 4.11. The molecular formula is C17H24N4OS2. The van der Waals surface area contributed by atoms with Crippen molar-refractivity contribution in [3.8, 4) is 0 Å². The fourth-order valence-electron chi connectivity index (χ4n) is 3.00. The van der Waals surface area contributed by atoms with Crippen molar-refractivity contribution in [2.24, 2.45) is 0 Å². The lowest BCUT2D eigenvalue weighted by molar-refractivity contribution is 0.0929. The van der Waals surface area contributed by atoms with E-state index in [0.29, 0.717) is 0 Å². The number of hydrogen-bond donors (Lipinski definition) is 2. The molecule has 3 rings (SSSR count). The third kappa shape index (κ3) is 4.84. The SMILES string of the molecule is CCSc1ccc(C(=O)N[C@@H]2CCCCN(Cc3ncc[nH]3)C2)s1. The number of rotatable bonds is 6. The fourth-order valence-corrected chi connectivity index (χ4v) is 4.94. The summed E-state index contributed by atoms with van der Waals surface area (Å²) in [6.07, 6.45) is 7.01. The fraction of sp³-hybridized carbons (Fsp3) is 0.529. The van der Waals surface area contributed by atoms with Gasteiger partial charge in [0.05, 0.1) is 15.6 Å². The lowest BCUT2D eigenvalue weighted by atomic mass is 10.1. The smallest absolute Gasteiger partial charge is 0.261 e. The quantitative estimate of drug-likeness (QED) is 0.772. The van der Waals surface area contributed by atoms with Gasteiger partial charge in [-0.3, -0.25) is 9.69 Å². The van der Waals surface area contributed by atoms with E-state index in [0.717, 1.165) is 48.9 Å². The molecule has 1 fully saturated rings. The normalized spacial score (nSPS) is 19.1. The Labute approximate surface area is 151 Å². The van der Waals surface area contributed by atoms with E-state index in [9.17, 15) is 4.79 Å². The van der Waals surface area contributed by atoms with Crippen LogP contribution in [0.5, 0.6) is 0 Å². The van der Waals surface area contributed by atoms with Crippen molar-refractivity contribution in [3.05, 3.63) is 35.2 Å². The van der Waals surface area contributed by atoms with Crippen molar-refractivity contribution in [2.75, 3.05) is 18.8 Å². The minimum absolute atomic E-state index is 0.0628. The number of aromatic nitrogens is 2. The first kappa shape index (κ1) is 17.5.